The number of likely N-dealkylation sites (N-methyl/N-ethyl adjacent to an activating group) is 1. The normalized spacial score (nSPS) is 10.2. The van der Waals surface area contributed by atoms with Crippen molar-refractivity contribution < 1.29 is 4.74 Å². The predicted octanol–water partition coefficient (Wildman–Crippen LogP) is 1.07. The first-order valence-corrected chi connectivity index (χ1v) is 5.33. The molecule has 0 saturated carbocycles. The van der Waals surface area contributed by atoms with Gasteiger partial charge in [-0.3, -0.25) is 4.68 Å². The van der Waals surface area contributed by atoms with E-state index >= 15 is 0 Å². The van der Waals surface area contributed by atoms with E-state index in [0.717, 1.165) is 24.6 Å². The van der Waals surface area contributed by atoms with Gasteiger partial charge in [0, 0.05) is 27.2 Å². The molecule has 0 aliphatic rings. The predicted molar refractivity (Wildman–Crippen MR) is 62.4 cm³/mol. The highest BCUT2D eigenvalue weighted by Gasteiger charge is 2.17. The molecule has 1 rings (SSSR count). The average Bonchev–Trinajstić information content (AvgIpc) is 2.55. The molecule has 5 heteroatoms. The fourth-order valence-electron chi connectivity index (χ4n) is 1.75. The summed E-state index contributed by atoms with van der Waals surface area (Å²) < 4.78 is 6.82. The highest BCUT2D eigenvalue weighted by molar-refractivity contribution is 5.56. The lowest BCUT2D eigenvalue weighted by Crippen LogP contribution is -2.29. The van der Waals surface area contributed by atoms with Crippen molar-refractivity contribution in [1.29, 1.82) is 5.26 Å². The van der Waals surface area contributed by atoms with Crippen LogP contribution in [0.3, 0.4) is 0 Å². The van der Waals surface area contributed by atoms with E-state index in [9.17, 15) is 0 Å². The molecule has 1 heterocycles. The Morgan fingerprint density at radius 2 is 2.25 bits per heavy atom. The quantitative estimate of drug-likeness (QED) is 0.748. The molecule has 1 aromatic rings. The number of anilines is 1. The molecule has 0 aliphatic heterocycles. The second kappa shape index (κ2) is 5.52. The summed E-state index contributed by atoms with van der Waals surface area (Å²) in [4.78, 5) is 2.10. The summed E-state index contributed by atoms with van der Waals surface area (Å²) in [7, 11) is 3.53. The van der Waals surface area contributed by atoms with Crippen molar-refractivity contribution in [3.05, 3.63) is 11.3 Å². The zero-order valence-corrected chi connectivity index (χ0v) is 10.3. The molecule has 0 unspecified atom stereocenters. The number of ether oxygens (including phenoxy) is 1. The van der Waals surface area contributed by atoms with Gasteiger partial charge in [0.1, 0.15) is 17.5 Å². The molecule has 5 nitrogen and oxygen atoms in total. The summed E-state index contributed by atoms with van der Waals surface area (Å²) in [5, 5.41) is 13.4. The Morgan fingerprint density at radius 3 is 2.75 bits per heavy atom. The molecular weight excluding hydrogens is 204 g/mol. The molecule has 0 aliphatic carbocycles. The van der Waals surface area contributed by atoms with Crippen LogP contribution in [0.2, 0.25) is 0 Å². The van der Waals surface area contributed by atoms with Gasteiger partial charge in [0.15, 0.2) is 0 Å². The lowest BCUT2D eigenvalue weighted by molar-refractivity contribution is 0.205. The van der Waals surface area contributed by atoms with Gasteiger partial charge in [0.25, 0.3) is 0 Å². The molecule has 0 spiro atoms. The molecule has 0 atom stereocenters. The van der Waals surface area contributed by atoms with Gasteiger partial charge in [0.2, 0.25) is 0 Å². The van der Waals surface area contributed by atoms with Gasteiger partial charge in [-0.25, -0.2) is 0 Å². The van der Waals surface area contributed by atoms with E-state index in [1.54, 1.807) is 11.8 Å². The van der Waals surface area contributed by atoms with Gasteiger partial charge >= 0.3 is 0 Å². The van der Waals surface area contributed by atoms with E-state index in [2.05, 4.69) is 23.0 Å². The fourth-order valence-corrected chi connectivity index (χ4v) is 1.75. The van der Waals surface area contributed by atoms with Crippen LogP contribution in [-0.2, 0) is 11.8 Å². The third kappa shape index (κ3) is 2.34. The molecule has 16 heavy (non-hydrogen) atoms. The van der Waals surface area contributed by atoms with E-state index in [1.807, 2.05) is 14.0 Å². The minimum Gasteiger partial charge on any atom is -0.383 e. The van der Waals surface area contributed by atoms with Crippen molar-refractivity contribution in [3.8, 4) is 6.07 Å². The first-order chi connectivity index (χ1) is 7.65. The number of methoxy groups -OCH3 is 1. The summed E-state index contributed by atoms with van der Waals surface area (Å²) in [6, 6.07) is 2.21. The Labute approximate surface area is 96.2 Å². The molecular formula is C11H18N4O. The van der Waals surface area contributed by atoms with Crippen molar-refractivity contribution in [2.24, 2.45) is 7.05 Å². The molecule has 0 amide bonds. The maximum absolute atomic E-state index is 9.12. The molecule has 88 valence electrons. The number of aromatic nitrogens is 2. The van der Waals surface area contributed by atoms with Crippen LogP contribution >= 0.6 is 0 Å². The van der Waals surface area contributed by atoms with Crippen LogP contribution in [0.1, 0.15) is 18.2 Å². The van der Waals surface area contributed by atoms with Crippen LogP contribution < -0.4 is 4.90 Å². The number of nitrogens with zero attached hydrogens (tertiary/aromatic N) is 4. The largest absolute Gasteiger partial charge is 0.383 e. The van der Waals surface area contributed by atoms with Gasteiger partial charge < -0.3 is 9.64 Å². The zero-order chi connectivity index (χ0) is 12.1. The second-order valence-corrected chi connectivity index (χ2v) is 3.59. The Balaban J connectivity index is 3.04. The number of hydrogen-bond donors (Lipinski definition) is 0. The molecule has 0 N–H and O–H groups in total. The summed E-state index contributed by atoms with van der Waals surface area (Å²) in [6.07, 6.45) is 0. The number of aryl methyl sites for hydroxylation is 2. The van der Waals surface area contributed by atoms with Crippen LogP contribution in [0, 0.1) is 18.3 Å². The summed E-state index contributed by atoms with van der Waals surface area (Å²) in [6.45, 7) is 6.14. The summed E-state index contributed by atoms with van der Waals surface area (Å²) >= 11 is 0. The van der Waals surface area contributed by atoms with E-state index in [4.69, 9.17) is 10.00 Å². The number of rotatable bonds is 5. The molecule has 0 fully saturated rings. The van der Waals surface area contributed by atoms with Crippen molar-refractivity contribution in [3.63, 3.8) is 0 Å². The van der Waals surface area contributed by atoms with E-state index in [-0.39, 0.29) is 0 Å². The highest BCUT2D eigenvalue weighted by atomic mass is 16.5. The number of nitriles is 1. The molecule has 0 aromatic carbocycles. The van der Waals surface area contributed by atoms with Crippen LogP contribution in [0.25, 0.3) is 0 Å². The van der Waals surface area contributed by atoms with Crippen molar-refractivity contribution >= 4 is 5.82 Å². The fraction of sp³-hybridized carbons (Fsp3) is 0.636. The monoisotopic (exact) mass is 222 g/mol. The van der Waals surface area contributed by atoms with E-state index in [1.165, 1.54) is 0 Å². The Hall–Kier alpha value is -1.54. The molecule has 0 radical (unpaired) electrons. The average molecular weight is 222 g/mol. The van der Waals surface area contributed by atoms with Gasteiger partial charge in [-0.1, -0.05) is 0 Å². The Bertz CT molecular complexity index is 391. The zero-order valence-electron chi connectivity index (χ0n) is 10.3. The lowest BCUT2D eigenvalue weighted by Gasteiger charge is -2.22. The van der Waals surface area contributed by atoms with Crippen LogP contribution in [0.4, 0.5) is 5.82 Å². The van der Waals surface area contributed by atoms with Crippen molar-refractivity contribution in [1.82, 2.24) is 9.78 Å². The van der Waals surface area contributed by atoms with E-state index < -0.39 is 0 Å². The van der Waals surface area contributed by atoms with Gasteiger partial charge in [-0.15, -0.1) is 0 Å². The Kier molecular flexibility index (Phi) is 4.32. The second-order valence-electron chi connectivity index (χ2n) is 3.59. The number of hydrogen-bond acceptors (Lipinski definition) is 4. The van der Waals surface area contributed by atoms with Crippen molar-refractivity contribution in [2.45, 2.75) is 13.8 Å². The third-order valence-electron chi connectivity index (χ3n) is 2.55. The minimum absolute atomic E-state index is 0.642. The van der Waals surface area contributed by atoms with Gasteiger partial charge in [-0.2, -0.15) is 10.4 Å². The van der Waals surface area contributed by atoms with Crippen molar-refractivity contribution in [2.75, 3.05) is 31.7 Å². The smallest absolute Gasteiger partial charge is 0.145 e. The maximum Gasteiger partial charge on any atom is 0.145 e. The van der Waals surface area contributed by atoms with Gasteiger partial charge in [0.05, 0.1) is 12.3 Å². The van der Waals surface area contributed by atoms with Crippen LogP contribution in [-0.4, -0.2) is 36.6 Å². The molecule has 0 bridgehead atoms. The SMILES string of the molecule is CCN(CCOC)c1c(C#N)c(C)nn1C. The third-order valence-corrected chi connectivity index (χ3v) is 2.55. The van der Waals surface area contributed by atoms with E-state index in [0.29, 0.717) is 12.2 Å². The molecule has 1 aromatic heterocycles. The molecule has 0 saturated heterocycles. The Morgan fingerprint density at radius 1 is 1.56 bits per heavy atom. The van der Waals surface area contributed by atoms with Crippen LogP contribution in [0.15, 0.2) is 0 Å². The summed E-state index contributed by atoms with van der Waals surface area (Å²) in [5.74, 6) is 0.875. The highest BCUT2D eigenvalue weighted by Crippen LogP contribution is 2.21. The first kappa shape index (κ1) is 12.5. The van der Waals surface area contributed by atoms with Crippen LogP contribution in [0.5, 0.6) is 0 Å². The summed E-state index contributed by atoms with van der Waals surface area (Å²) in [5.41, 5.74) is 1.43. The van der Waals surface area contributed by atoms with Gasteiger partial charge in [-0.05, 0) is 13.8 Å². The minimum atomic E-state index is 0.642. The maximum atomic E-state index is 9.12. The first-order valence-electron chi connectivity index (χ1n) is 5.33. The standard InChI is InChI=1S/C11H18N4O/c1-5-15(6-7-16-4)11-10(8-12)9(2)13-14(11)3/h5-7H2,1-4H3. The lowest BCUT2D eigenvalue weighted by atomic mass is 10.2. The topological polar surface area (TPSA) is 54.1 Å².